The molecule has 1 N–H and O–H groups in total. The van der Waals surface area contributed by atoms with Gasteiger partial charge in [0.25, 0.3) is 5.69 Å². The van der Waals surface area contributed by atoms with Gasteiger partial charge in [-0.2, -0.15) is 0 Å². The smallest absolute Gasteiger partial charge is 0.274 e. The van der Waals surface area contributed by atoms with Gasteiger partial charge in [0.2, 0.25) is 0 Å². The van der Waals surface area contributed by atoms with Crippen molar-refractivity contribution >= 4 is 34.0 Å². The molecule has 0 aliphatic carbocycles. The molecule has 0 amide bonds. The van der Waals surface area contributed by atoms with Crippen LogP contribution < -0.4 is 5.32 Å². The molecule has 1 heterocycles. The Labute approximate surface area is 124 Å². The van der Waals surface area contributed by atoms with E-state index in [4.69, 9.17) is 4.42 Å². The van der Waals surface area contributed by atoms with Crippen LogP contribution in [-0.2, 0) is 13.0 Å². The number of benzene rings is 1. The maximum absolute atomic E-state index is 11.0. The van der Waals surface area contributed by atoms with Gasteiger partial charge in [-0.15, -0.1) is 0 Å². The number of rotatable bonds is 5. The van der Waals surface area contributed by atoms with E-state index in [2.05, 4.69) is 27.9 Å². The highest BCUT2D eigenvalue weighted by atomic mass is 127. The van der Waals surface area contributed by atoms with Crippen LogP contribution in [0, 0.1) is 13.9 Å². The van der Waals surface area contributed by atoms with Crippen molar-refractivity contribution in [3.8, 4) is 0 Å². The molecule has 0 aliphatic rings. The average molecular weight is 372 g/mol. The minimum absolute atomic E-state index is 0.154. The van der Waals surface area contributed by atoms with Gasteiger partial charge in [0.15, 0.2) is 3.77 Å². The van der Waals surface area contributed by atoms with Crippen LogP contribution in [0.25, 0.3) is 0 Å². The van der Waals surface area contributed by atoms with Crippen molar-refractivity contribution in [2.24, 2.45) is 0 Å². The second-order valence-corrected chi connectivity index (χ2v) is 5.08. The molecule has 0 saturated heterocycles. The molecule has 0 unspecified atom stereocenters. The van der Waals surface area contributed by atoms with Crippen molar-refractivity contribution in [1.82, 2.24) is 0 Å². The summed E-state index contributed by atoms with van der Waals surface area (Å²) < 4.78 is 6.24. The lowest BCUT2D eigenvalue weighted by molar-refractivity contribution is -0.385. The second kappa shape index (κ2) is 6.05. The molecule has 1 aromatic carbocycles. The van der Waals surface area contributed by atoms with Gasteiger partial charge < -0.3 is 9.73 Å². The number of nitrogens with zero attached hydrogens (tertiary/aromatic N) is 1. The Bertz CT molecular complexity index is 595. The van der Waals surface area contributed by atoms with Gasteiger partial charge in [-0.05, 0) is 47.2 Å². The summed E-state index contributed by atoms with van der Waals surface area (Å²) in [5.74, 6) is 0.798. The standard InChI is InChI=1S/C13H13IN2O3/c1-2-9-3-4-10(7-12(9)16(17)18)15-8-11-5-6-13(14)19-11/h3-7,15H,2,8H2,1H3. The fourth-order valence-electron chi connectivity index (χ4n) is 1.78. The van der Waals surface area contributed by atoms with Crippen molar-refractivity contribution in [3.05, 3.63) is 55.5 Å². The van der Waals surface area contributed by atoms with Crippen LogP contribution >= 0.6 is 22.6 Å². The van der Waals surface area contributed by atoms with E-state index in [0.29, 0.717) is 13.0 Å². The number of furan rings is 1. The van der Waals surface area contributed by atoms with Crippen molar-refractivity contribution < 1.29 is 9.34 Å². The molecule has 0 aliphatic heterocycles. The number of hydrogen-bond donors (Lipinski definition) is 1. The molecule has 6 heteroatoms. The van der Waals surface area contributed by atoms with E-state index in [1.807, 2.05) is 25.1 Å². The molecule has 0 radical (unpaired) electrons. The van der Waals surface area contributed by atoms with Gasteiger partial charge in [0.1, 0.15) is 5.76 Å². The lowest BCUT2D eigenvalue weighted by atomic mass is 10.1. The molecule has 0 spiro atoms. The van der Waals surface area contributed by atoms with E-state index in [0.717, 1.165) is 20.8 Å². The zero-order chi connectivity index (χ0) is 13.8. The first-order valence-corrected chi connectivity index (χ1v) is 6.93. The highest BCUT2D eigenvalue weighted by Crippen LogP contribution is 2.24. The fourth-order valence-corrected chi connectivity index (χ4v) is 2.24. The van der Waals surface area contributed by atoms with E-state index in [1.54, 1.807) is 12.1 Å². The van der Waals surface area contributed by atoms with Gasteiger partial charge in [-0.25, -0.2) is 0 Å². The molecule has 0 saturated carbocycles. The van der Waals surface area contributed by atoms with Crippen LogP contribution in [0.15, 0.2) is 34.7 Å². The van der Waals surface area contributed by atoms with Crippen molar-refractivity contribution in [3.63, 3.8) is 0 Å². The minimum atomic E-state index is -0.347. The summed E-state index contributed by atoms with van der Waals surface area (Å²) in [5, 5.41) is 14.1. The quantitative estimate of drug-likeness (QED) is 0.490. The molecule has 2 rings (SSSR count). The van der Waals surface area contributed by atoms with Crippen LogP contribution in [0.5, 0.6) is 0 Å². The number of halogens is 1. The zero-order valence-corrected chi connectivity index (χ0v) is 12.5. The topological polar surface area (TPSA) is 68.3 Å². The number of nitro benzene ring substituents is 1. The first kappa shape index (κ1) is 13.9. The molecule has 0 bridgehead atoms. The van der Waals surface area contributed by atoms with Crippen LogP contribution in [0.3, 0.4) is 0 Å². The Balaban J connectivity index is 2.12. The number of anilines is 1. The van der Waals surface area contributed by atoms with E-state index in [1.165, 1.54) is 0 Å². The van der Waals surface area contributed by atoms with Gasteiger partial charge in [0, 0.05) is 17.3 Å². The third-order valence-corrected chi connectivity index (χ3v) is 3.34. The third kappa shape index (κ3) is 3.46. The summed E-state index contributed by atoms with van der Waals surface area (Å²) in [4.78, 5) is 10.6. The highest BCUT2D eigenvalue weighted by Gasteiger charge is 2.13. The predicted molar refractivity (Wildman–Crippen MR) is 81.2 cm³/mol. The number of hydrogen-bond acceptors (Lipinski definition) is 4. The summed E-state index contributed by atoms with van der Waals surface area (Å²) in [7, 11) is 0. The van der Waals surface area contributed by atoms with Gasteiger partial charge in [0.05, 0.1) is 11.5 Å². The highest BCUT2D eigenvalue weighted by molar-refractivity contribution is 14.1. The van der Waals surface area contributed by atoms with Crippen molar-refractivity contribution in [2.75, 3.05) is 5.32 Å². The second-order valence-electron chi connectivity index (χ2n) is 4.01. The Morgan fingerprint density at radius 2 is 2.16 bits per heavy atom. The SMILES string of the molecule is CCc1ccc(NCc2ccc(I)o2)cc1[N+](=O)[O-]. The largest absolute Gasteiger partial charge is 0.454 e. The first-order valence-electron chi connectivity index (χ1n) is 5.85. The molecule has 0 atom stereocenters. The summed E-state index contributed by atoms with van der Waals surface area (Å²) in [6, 6.07) is 8.95. The number of nitro groups is 1. The van der Waals surface area contributed by atoms with Crippen LogP contribution in [-0.4, -0.2) is 4.92 Å². The van der Waals surface area contributed by atoms with Gasteiger partial charge in [-0.1, -0.05) is 13.0 Å². The normalized spacial score (nSPS) is 10.4. The maximum atomic E-state index is 11.0. The van der Waals surface area contributed by atoms with E-state index in [9.17, 15) is 10.1 Å². The Morgan fingerprint density at radius 1 is 1.37 bits per heavy atom. The predicted octanol–water partition coefficient (Wildman–Crippen LogP) is 3.97. The van der Waals surface area contributed by atoms with Gasteiger partial charge >= 0.3 is 0 Å². The van der Waals surface area contributed by atoms with Crippen molar-refractivity contribution in [1.29, 1.82) is 0 Å². The first-order chi connectivity index (χ1) is 9.10. The Hall–Kier alpha value is -1.57. The Kier molecular flexibility index (Phi) is 4.41. The monoisotopic (exact) mass is 372 g/mol. The average Bonchev–Trinajstić information content (AvgIpc) is 2.81. The molecular formula is C13H13IN2O3. The van der Waals surface area contributed by atoms with E-state index >= 15 is 0 Å². The van der Waals surface area contributed by atoms with Crippen LogP contribution in [0.2, 0.25) is 0 Å². The molecule has 5 nitrogen and oxygen atoms in total. The molecular weight excluding hydrogens is 359 g/mol. The fraction of sp³-hybridized carbons (Fsp3) is 0.231. The molecule has 0 fully saturated rings. The summed E-state index contributed by atoms with van der Waals surface area (Å²) in [6.45, 7) is 2.41. The zero-order valence-electron chi connectivity index (χ0n) is 10.4. The maximum Gasteiger partial charge on any atom is 0.274 e. The minimum Gasteiger partial charge on any atom is -0.454 e. The third-order valence-electron chi connectivity index (χ3n) is 2.76. The van der Waals surface area contributed by atoms with E-state index < -0.39 is 0 Å². The number of nitrogens with one attached hydrogen (secondary N) is 1. The van der Waals surface area contributed by atoms with Crippen LogP contribution in [0.1, 0.15) is 18.2 Å². The number of aryl methyl sites for hydroxylation is 1. The summed E-state index contributed by atoms with van der Waals surface area (Å²) in [5.41, 5.74) is 1.61. The Morgan fingerprint density at radius 3 is 2.74 bits per heavy atom. The summed E-state index contributed by atoms with van der Waals surface area (Å²) in [6.07, 6.45) is 0.646. The lowest BCUT2D eigenvalue weighted by Gasteiger charge is -2.06. The molecule has 2 aromatic rings. The molecule has 19 heavy (non-hydrogen) atoms. The van der Waals surface area contributed by atoms with Crippen molar-refractivity contribution in [2.45, 2.75) is 19.9 Å². The lowest BCUT2D eigenvalue weighted by Crippen LogP contribution is -2.00. The van der Waals surface area contributed by atoms with Gasteiger partial charge in [-0.3, -0.25) is 10.1 Å². The van der Waals surface area contributed by atoms with Crippen LogP contribution in [0.4, 0.5) is 11.4 Å². The van der Waals surface area contributed by atoms with E-state index in [-0.39, 0.29) is 10.6 Å². The molecule has 1 aromatic heterocycles. The molecule has 100 valence electrons. The summed E-state index contributed by atoms with van der Waals surface area (Å²) >= 11 is 2.09.